The smallest absolute Gasteiger partial charge is 0.744 e. The third-order valence-corrected chi connectivity index (χ3v) is 5.49. The fourth-order valence-corrected chi connectivity index (χ4v) is 4.01. The second-order valence-electron chi connectivity index (χ2n) is 6.53. The van der Waals surface area contributed by atoms with Crippen molar-refractivity contribution in [3.63, 3.8) is 0 Å². The number of halogens is 2. The Labute approximate surface area is 197 Å². The number of anilines is 3. The first-order valence-corrected chi connectivity index (χ1v) is 9.82. The molecular weight excluding hydrogens is 441 g/mol. The van der Waals surface area contributed by atoms with E-state index in [1.807, 2.05) is 0 Å². The Morgan fingerprint density at radius 2 is 1.39 bits per heavy atom. The SMILES string of the molecule is Nc1c(S(=O)(=O)[O-])cc(Nc2cc(F)cc(F)c2)c2c1C(=O)c1ccccc1C2=O.[Na+]. The number of nitrogens with one attached hydrogen (secondary N) is 1. The maximum atomic E-state index is 13.6. The molecule has 0 fully saturated rings. The standard InChI is InChI=1S/C20H12F2N2O5S.Na/c21-9-5-10(22)7-11(6-9)24-14-8-15(30(27,28)29)18(23)17-16(14)19(25)12-3-1-2-4-13(12)20(17)26;/h1-8,24H,23H2,(H,27,28,29);/q;+1/p-1. The van der Waals surface area contributed by atoms with E-state index in [4.69, 9.17) is 5.73 Å². The van der Waals surface area contributed by atoms with Gasteiger partial charge < -0.3 is 15.6 Å². The van der Waals surface area contributed by atoms with Crippen LogP contribution in [0.15, 0.2) is 53.4 Å². The summed E-state index contributed by atoms with van der Waals surface area (Å²) in [4.78, 5) is 25.1. The van der Waals surface area contributed by atoms with E-state index in [1.165, 1.54) is 24.3 Å². The first kappa shape index (κ1) is 23.0. The number of hydrogen-bond acceptors (Lipinski definition) is 7. The first-order chi connectivity index (χ1) is 14.1. The summed E-state index contributed by atoms with van der Waals surface area (Å²) in [5, 5.41) is 2.52. The van der Waals surface area contributed by atoms with Crippen LogP contribution in [0.3, 0.4) is 0 Å². The zero-order chi connectivity index (χ0) is 21.8. The van der Waals surface area contributed by atoms with Gasteiger partial charge in [-0.1, -0.05) is 24.3 Å². The fraction of sp³-hybridized carbons (Fsp3) is 0. The van der Waals surface area contributed by atoms with Crippen LogP contribution in [0.25, 0.3) is 0 Å². The quantitative estimate of drug-likeness (QED) is 0.254. The van der Waals surface area contributed by atoms with Gasteiger partial charge in [-0.3, -0.25) is 9.59 Å². The summed E-state index contributed by atoms with van der Waals surface area (Å²) >= 11 is 0. The summed E-state index contributed by atoms with van der Waals surface area (Å²) < 4.78 is 62.3. The van der Waals surface area contributed by atoms with Gasteiger partial charge >= 0.3 is 29.6 Å². The van der Waals surface area contributed by atoms with E-state index in [9.17, 15) is 31.3 Å². The molecule has 7 nitrogen and oxygen atoms in total. The Bertz CT molecular complexity index is 1360. The van der Waals surface area contributed by atoms with Crippen molar-refractivity contribution in [3.8, 4) is 0 Å². The van der Waals surface area contributed by atoms with Crippen LogP contribution < -0.4 is 40.6 Å². The van der Waals surface area contributed by atoms with Gasteiger partial charge in [-0.15, -0.1) is 0 Å². The van der Waals surface area contributed by atoms with Crippen LogP contribution in [0, 0.1) is 11.6 Å². The van der Waals surface area contributed by atoms with Gasteiger partial charge in [-0.05, 0) is 18.2 Å². The van der Waals surface area contributed by atoms with Crippen molar-refractivity contribution in [3.05, 3.63) is 82.4 Å². The molecule has 0 atom stereocenters. The van der Waals surface area contributed by atoms with Gasteiger partial charge in [0.1, 0.15) is 21.8 Å². The van der Waals surface area contributed by atoms with Crippen molar-refractivity contribution in [1.29, 1.82) is 0 Å². The summed E-state index contributed by atoms with van der Waals surface area (Å²) in [5.74, 6) is -3.30. The van der Waals surface area contributed by atoms with Crippen LogP contribution in [0.1, 0.15) is 31.8 Å². The van der Waals surface area contributed by atoms with Gasteiger partial charge in [0.15, 0.2) is 11.6 Å². The number of ketones is 2. The second kappa shape index (κ2) is 8.13. The Balaban J connectivity index is 0.00000272. The number of fused-ring (bicyclic) bond motifs is 2. The van der Waals surface area contributed by atoms with Crippen LogP contribution >= 0.6 is 0 Å². The monoisotopic (exact) mass is 452 g/mol. The summed E-state index contributed by atoms with van der Waals surface area (Å²) in [6.07, 6.45) is 0. The molecule has 3 aromatic carbocycles. The van der Waals surface area contributed by atoms with Gasteiger partial charge in [0.25, 0.3) is 0 Å². The largest absolute Gasteiger partial charge is 1.00 e. The summed E-state index contributed by atoms with van der Waals surface area (Å²) in [6.45, 7) is 0. The molecule has 0 unspecified atom stereocenters. The average molecular weight is 452 g/mol. The molecule has 3 N–H and O–H groups in total. The minimum atomic E-state index is -5.14. The number of carbonyl (C=O) groups excluding carboxylic acids is 2. The molecule has 0 aliphatic heterocycles. The minimum Gasteiger partial charge on any atom is -0.744 e. The van der Waals surface area contributed by atoms with E-state index in [0.717, 1.165) is 18.2 Å². The number of carbonyl (C=O) groups is 2. The molecule has 1 aliphatic rings. The van der Waals surface area contributed by atoms with E-state index in [2.05, 4.69) is 5.32 Å². The van der Waals surface area contributed by atoms with E-state index in [1.54, 1.807) is 0 Å². The molecule has 4 rings (SSSR count). The molecule has 0 heterocycles. The number of nitrogens with two attached hydrogens (primary N) is 1. The third kappa shape index (κ3) is 4.00. The molecule has 31 heavy (non-hydrogen) atoms. The molecule has 0 saturated carbocycles. The molecule has 11 heteroatoms. The van der Waals surface area contributed by atoms with Crippen molar-refractivity contribution < 1.29 is 60.9 Å². The number of nitrogen functional groups attached to an aromatic ring is 1. The minimum absolute atomic E-state index is 0. The van der Waals surface area contributed by atoms with E-state index < -0.39 is 49.5 Å². The second-order valence-corrected chi connectivity index (χ2v) is 7.88. The summed E-state index contributed by atoms with van der Waals surface area (Å²) in [7, 11) is -5.14. The molecule has 0 aromatic heterocycles. The van der Waals surface area contributed by atoms with Crippen molar-refractivity contribution in [2.75, 3.05) is 11.1 Å². The molecular formula is C20H11F2N2NaO5S. The average Bonchev–Trinajstić information content (AvgIpc) is 2.65. The zero-order valence-electron chi connectivity index (χ0n) is 15.9. The number of benzene rings is 3. The topological polar surface area (TPSA) is 129 Å². The van der Waals surface area contributed by atoms with Crippen molar-refractivity contribution >= 4 is 38.7 Å². The molecule has 152 valence electrons. The zero-order valence-corrected chi connectivity index (χ0v) is 18.7. The first-order valence-electron chi connectivity index (χ1n) is 8.42. The van der Waals surface area contributed by atoms with Crippen molar-refractivity contribution in [2.24, 2.45) is 0 Å². The predicted molar refractivity (Wildman–Crippen MR) is 102 cm³/mol. The molecule has 0 amide bonds. The van der Waals surface area contributed by atoms with Crippen LogP contribution in [-0.4, -0.2) is 24.5 Å². The van der Waals surface area contributed by atoms with E-state index in [0.29, 0.717) is 6.07 Å². The van der Waals surface area contributed by atoms with Crippen molar-refractivity contribution in [1.82, 2.24) is 0 Å². The van der Waals surface area contributed by atoms with Gasteiger partial charge in [-0.2, -0.15) is 0 Å². The Morgan fingerprint density at radius 1 is 0.871 bits per heavy atom. The maximum absolute atomic E-state index is 13.6. The molecule has 0 saturated heterocycles. The molecule has 1 aliphatic carbocycles. The van der Waals surface area contributed by atoms with Crippen molar-refractivity contribution in [2.45, 2.75) is 4.90 Å². The molecule has 0 spiro atoms. The fourth-order valence-electron chi connectivity index (χ4n) is 3.38. The summed E-state index contributed by atoms with van der Waals surface area (Å²) in [5.41, 5.74) is 3.95. The van der Waals surface area contributed by atoms with E-state index >= 15 is 0 Å². The predicted octanol–water partition coefficient (Wildman–Crippen LogP) is -0.0259. The number of rotatable bonds is 3. The Morgan fingerprint density at radius 3 is 1.90 bits per heavy atom. The van der Waals surface area contributed by atoms with Crippen LogP contribution in [0.4, 0.5) is 25.8 Å². The van der Waals surface area contributed by atoms with Crippen LogP contribution in [0.5, 0.6) is 0 Å². The molecule has 0 radical (unpaired) electrons. The van der Waals surface area contributed by atoms with Gasteiger partial charge in [0.05, 0.1) is 27.4 Å². The van der Waals surface area contributed by atoms with Gasteiger partial charge in [0.2, 0.25) is 0 Å². The summed E-state index contributed by atoms with van der Waals surface area (Å²) in [6, 6.07) is 8.98. The maximum Gasteiger partial charge on any atom is 1.00 e. The van der Waals surface area contributed by atoms with Crippen LogP contribution in [-0.2, 0) is 10.1 Å². The van der Waals surface area contributed by atoms with Gasteiger partial charge in [-0.25, -0.2) is 17.2 Å². The van der Waals surface area contributed by atoms with E-state index in [-0.39, 0.29) is 57.6 Å². The van der Waals surface area contributed by atoms with Gasteiger partial charge in [0, 0.05) is 22.9 Å². The van der Waals surface area contributed by atoms with Crippen LogP contribution in [0.2, 0.25) is 0 Å². The Kier molecular flexibility index (Phi) is 6.05. The number of hydrogen-bond donors (Lipinski definition) is 2. The molecule has 3 aromatic rings. The third-order valence-electron chi connectivity index (χ3n) is 4.61. The molecule has 0 bridgehead atoms. The normalized spacial score (nSPS) is 12.6. The Hall–Kier alpha value is -2.63.